The maximum absolute atomic E-state index is 13.0. The van der Waals surface area contributed by atoms with Gasteiger partial charge >= 0.3 is 5.97 Å². The second-order valence-electron chi connectivity index (χ2n) is 20.2. The van der Waals surface area contributed by atoms with Gasteiger partial charge in [-0.05, 0) is 109 Å². The fourth-order valence-corrected chi connectivity index (χ4v) is 13.4. The topological polar surface area (TPSA) is 196 Å². The molecule has 3 unspecified atom stereocenters. The van der Waals surface area contributed by atoms with E-state index in [4.69, 9.17) is 18.9 Å². The molecule has 0 amide bonds. The third kappa shape index (κ3) is 5.94. The molecular formula is C41H66O12. The first-order valence-corrected chi connectivity index (χ1v) is 20.2. The number of carbonyl (C=O) groups is 1. The van der Waals surface area contributed by atoms with Crippen molar-refractivity contribution in [3.63, 3.8) is 0 Å². The third-order valence-electron chi connectivity index (χ3n) is 16.9. The minimum Gasteiger partial charge on any atom is -0.481 e. The number of hydrogen-bond acceptors (Lipinski definition) is 11. The molecule has 2 saturated heterocycles. The molecule has 0 bridgehead atoms. The number of fused-ring (bicyclic) bond motifs is 7. The summed E-state index contributed by atoms with van der Waals surface area (Å²) in [4.78, 5) is 13.0. The van der Waals surface area contributed by atoms with Crippen molar-refractivity contribution in [3.05, 3.63) is 11.6 Å². The Morgan fingerprint density at radius 2 is 1.51 bits per heavy atom. The Bertz CT molecular complexity index is 1430. The van der Waals surface area contributed by atoms with Gasteiger partial charge in [-0.3, -0.25) is 4.79 Å². The molecule has 0 aromatic heterocycles. The number of allylic oxidation sites excluding steroid dienone is 2. The van der Waals surface area contributed by atoms with Crippen molar-refractivity contribution < 1.29 is 59.5 Å². The molecule has 0 spiro atoms. The molecule has 53 heavy (non-hydrogen) atoms. The number of ether oxygens (including phenoxy) is 4. The van der Waals surface area contributed by atoms with E-state index in [0.717, 1.165) is 64.2 Å². The van der Waals surface area contributed by atoms with E-state index in [2.05, 4.69) is 54.5 Å². The summed E-state index contributed by atoms with van der Waals surface area (Å²) in [5, 5.41) is 73.3. The molecule has 5 aliphatic carbocycles. The van der Waals surface area contributed by atoms with E-state index in [1.807, 2.05) is 0 Å². The smallest absolute Gasteiger partial charge is 0.310 e. The molecule has 0 aromatic carbocycles. The van der Waals surface area contributed by atoms with E-state index >= 15 is 0 Å². The van der Waals surface area contributed by atoms with Gasteiger partial charge in [-0.25, -0.2) is 0 Å². The van der Waals surface area contributed by atoms with Crippen molar-refractivity contribution in [2.24, 2.45) is 50.2 Å². The minimum absolute atomic E-state index is 0.00935. The molecule has 7 rings (SSSR count). The van der Waals surface area contributed by atoms with Crippen molar-refractivity contribution in [2.75, 3.05) is 13.2 Å². The average molecular weight is 751 g/mol. The van der Waals surface area contributed by atoms with Crippen molar-refractivity contribution >= 4 is 5.97 Å². The number of carboxylic acids is 1. The van der Waals surface area contributed by atoms with E-state index in [1.54, 1.807) is 0 Å². The lowest BCUT2D eigenvalue weighted by Crippen LogP contribution is -2.66. The van der Waals surface area contributed by atoms with Crippen LogP contribution in [0.5, 0.6) is 0 Å². The lowest BCUT2D eigenvalue weighted by atomic mass is 9.33. The molecule has 0 aromatic rings. The molecule has 12 heteroatoms. The van der Waals surface area contributed by atoms with Gasteiger partial charge in [0.25, 0.3) is 0 Å². The molecule has 0 radical (unpaired) electrons. The number of rotatable bonds is 6. The van der Waals surface area contributed by atoms with E-state index in [9.17, 15) is 40.5 Å². The van der Waals surface area contributed by atoms with Crippen LogP contribution in [0.2, 0.25) is 0 Å². The lowest BCUT2D eigenvalue weighted by molar-refractivity contribution is -0.367. The highest BCUT2D eigenvalue weighted by Crippen LogP contribution is 2.76. The molecule has 302 valence electrons. The molecule has 7 N–H and O–H groups in total. The molecule has 17 atom stereocenters. The van der Waals surface area contributed by atoms with E-state index < -0.39 is 73.3 Å². The molecule has 12 nitrogen and oxygen atoms in total. The van der Waals surface area contributed by atoms with Gasteiger partial charge in [0.15, 0.2) is 12.6 Å². The normalized spacial score (nSPS) is 53.3. The average Bonchev–Trinajstić information content (AvgIpc) is 3.08. The summed E-state index contributed by atoms with van der Waals surface area (Å²) in [5.74, 6) is 0.147. The van der Waals surface area contributed by atoms with E-state index in [-0.39, 0.29) is 45.7 Å². The predicted molar refractivity (Wildman–Crippen MR) is 192 cm³/mol. The second kappa shape index (κ2) is 13.5. The Kier molecular flexibility index (Phi) is 10.2. The van der Waals surface area contributed by atoms with Gasteiger partial charge in [-0.1, -0.05) is 60.1 Å². The number of carboxylic acid groups (broad SMARTS) is 1. The highest BCUT2D eigenvalue weighted by molar-refractivity contribution is 5.76. The van der Waals surface area contributed by atoms with Crippen LogP contribution in [0.3, 0.4) is 0 Å². The maximum atomic E-state index is 13.0. The standard InChI is InChI=1S/C41H66O12/c1-36(2)14-16-41(35(48)49)17-15-39(6)21(22(41)18-36)8-9-26-38(5)12-11-27(37(3,4)25(38)10-13-40(26,39)7)52-34-32(28(44)23(43)20-50-34)53-33-31(47)30(46)29(45)24(19-42)51-33/h8,22-34,42-47H,9-20H2,1-7H3,(H,48,49)/t22-,23-,24+,25?,26?,27-,28-,29+,30-,31+,32+,33-,34-,38-,39?,40+,41-/m0/s1. The zero-order valence-corrected chi connectivity index (χ0v) is 32.7. The SMILES string of the molecule is CC1(C)CC[C@]2(C(=O)O)CCC3(C)C(=CCC4[C@@]5(C)CC[C@H](O[C@@H]6OC[C@H](O)[C@H](O)[C@H]6O[C@@H]6O[C@H](CO)[C@@H](O)[C@H](O)[C@H]6O)C(C)(C)C5CC[C@]43C)[C@@H]2C1. The van der Waals surface area contributed by atoms with Gasteiger partial charge in [0.05, 0.1) is 24.7 Å². The summed E-state index contributed by atoms with van der Waals surface area (Å²) in [7, 11) is 0. The number of aliphatic hydroxyl groups is 6. The summed E-state index contributed by atoms with van der Waals surface area (Å²) >= 11 is 0. The van der Waals surface area contributed by atoms with Crippen molar-refractivity contribution in [2.45, 2.75) is 174 Å². The van der Waals surface area contributed by atoms with Gasteiger partial charge in [-0.2, -0.15) is 0 Å². The monoisotopic (exact) mass is 750 g/mol. The highest BCUT2D eigenvalue weighted by Gasteiger charge is 2.69. The summed E-state index contributed by atoms with van der Waals surface area (Å²) in [6, 6.07) is 0. The third-order valence-corrected chi connectivity index (χ3v) is 16.9. The molecular weight excluding hydrogens is 684 g/mol. The zero-order valence-electron chi connectivity index (χ0n) is 32.7. The Morgan fingerprint density at radius 3 is 2.19 bits per heavy atom. The van der Waals surface area contributed by atoms with E-state index in [0.29, 0.717) is 11.8 Å². The number of aliphatic carboxylic acids is 1. The predicted octanol–water partition coefficient (Wildman–Crippen LogP) is 3.52. The first kappa shape index (κ1) is 40.0. The Balaban J connectivity index is 1.13. The second-order valence-corrected chi connectivity index (χ2v) is 20.2. The summed E-state index contributed by atoms with van der Waals surface area (Å²) < 4.78 is 24.3. The van der Waals surface area contributed by atoms with Gasteiger partial charge in [0, 0.05) is 0 Å². The number of hydrogen-bond donors (Lipinski definition) is 7. The molecule has 2 heterocycles. The Labute approximate surface area is 314 Å². The fourth-order valence-electron chi connectivity index (χ4n) is 13.4. The highest BCUT2D eigenvalue weighted by atomic mass is 16.8. The van der Waals surface area contributed by atoms with Crippen LogP contribution < -0.4 is 0 Å². The van der Waals surface area contributed by atoms with Gasteiger partial charge in [-0.15, -0.1) is 0 Å². The lowest BCUT2D eigenvalue weighted by Gasteiger charge is -2.71. The Hall–Kier alpha value is -1.19. The van der Waals surface area contributed by atoms with Crippen LogP contribution in [0.25, 0.3) is 0 Å². The van der Waals surface area contributed by atoms with Crippen LogP contribution in [0, 0.1) is 50.2 Å². The quantitative estimate of drug-likeness (QED) is 0.155. The van der Waals surface area contributed by atoms with Crippen LogP contribution in [0.15, 0.2) is 11.6 Å². The van der Waals surface area contributed by atoms with Gasteiger partial charge < -0.3 is 54.7 Å². The largest absolute Gasteiger partial charge is 0.481 e. The van der Waals surface area contributed by atoms with E-state index in [1.165, 1.54) is 5.57 Å². The van der Waals surface area contributed by atoms with Crippen molar-refractivity contribution in [1.82, 2.24) is 0 Å². The molecule has 2 aliphatic heterocycles. The summed E-state index contributed by atoms with van der Waals surface area (Å²) in [6.07, 6.45) is -1.79. The van der Waals surface area contributed by atoms with Crippen LogP contribution in [0.4, 0.5) is 0 Å². The van der Waals surface area contributed by atoms with Crippen molar-refractivity contribution in [1.29, 1.82) is 0 Å². The maximum Gasteiger partial charge on any atom is 0.310 e. The van der Waals surface area contributed by atoms with Crippen LogP contribution in [-0.4, -0.2) is 116 Å². The number of aliphatic hydroxyl groups excluding tert-OH is 6. The van der Waals surface area contributed by atoms with Crippen LogP contribution >= 0.6 is 0 Å². The molecule has 6 fully saturated rings. The van der Waals surface area contributed by atoms with Gasteiger partial charge in [0.2, 0.25) is 0 Å². The summed E-state index contributed by atoms with van der Waals surface area (Å²) in [6.45, 7) is 15.7. The first-order chi connectivity index (χ1) is 24.7. The first-order valence-electron chi connectivity index (χ1n) is 20.2. The molecule has 7 aliphatic rings. The van der Waals surface area contributed by atoms with Crippen molar-refractivity contribution in [3.8, 4) is 0 Å². The minimum atomic E-state index is -1.69. The van der Waals surface area contributed by atoms with Crippen LogP contribution in [0.1, 0.15) is 113 Å². The fraction of sp³-hybridized carbons (Fsp3) is 0.927. The summed E-state index contributed by atoms with van der Waals surface area (Å²) in [5.41, 5.74) is 0.450. The van der Waals surface area contributed by atoms with Crippen LogP contribution in [-0.2, 0) is 23.7 Å². The molecule has 4 saturated carbocycles. The zero-order chi connectivity index (χ0) is 38.7. The van der Waals surface area contributed by atoms with Gasteiger partial charge in [0.1, 0.15) is 42.7 Å². The Morgan fingerprint density at radius 1 is 0.811 bits per heavy atom.